The van der Waals surface area contributed by atoms with E-state index in [1.54, 1.807) is 20.8 Å². The molecule has 0 N–H and O–H groups in total. The van der Waals surface area contributed by atoms with E-state index in [2.05, 4.69) is 33.9 Å². The molecule has 26 heavy (non-hydrogen) atoms. The number of carbonyl (C=O) groups excluding carboxylic acids is 2. The average Bonchev–Trinajstić information content (AvgIpc) is 2.60. The van der Waals surface area contributed by atoms with Crippen molar-refractivity contribution < 1.29 is 18.8 Å². The standard InChI is InChI=1S/C20H37NO4Si/c1-18(2,3)25-17(23)21-16(22)15(14-20(21,7)8)12-11-13-24-26(9,10)19(4,5)6/h12H,11,13-14H2,1-10H3/b15-12-. The van der Waals surface area contributed by atoms with Crippen LogP contribution < -0.4 is 0 Å². The Morgan fingerprint density at radius 1 is 1.19 bits per heavy atom. The molecule has 0 aromatic carbocycles. The highest BCUT2D eigenvalue weighted by molar-refractivity contribution is 6.74. The maximum Gasteiger partial charge on any atom is 0.417 e. The van der Waals surface area contributed by atoms with Gasteiger partial charge in [-0.15, -0.1) is 0 Å². The number of hydrogen-bond acceptors (Lipinski definition) is 4. The third-order valence-electron chi connectivity index (χ3n) is 5.06. The third-order valence-corrected chi connectivity index (χ3v) is 9.60. The summed E-state index contributed by atoms with van der Waals surface area (Å²) in [5.74, 6) is -0.253. The van der Waals surface area contributed by atoms with Gasteiger partial charge in [-0.25, -0.2) is 9.69 Å². The first-order valence-corrected chi connectivity index (χ1v) is 12.3. The highest BCUT2D eigenvalue weighted by Gasteiger charge is 2.46. The lowest BCUT2D eigenvalue weighted by Gasteiger charge is -2.36. The summed E-state index contributed by atoms with van der Waals surface area (Å²) >= 11 is 0. The molecule has 5 nitrogen and oxygen atoms in total. The number of carbonyl (C=O) groups is 2. The molecule has 1 rings (SSSR count). The minimum atomic E-state index is -1.78. The minimum Gasteiger partial charge on any atom is -0.443 e. The quantitative estimate of drug-likeness (QED) is 0.377. The number of amides is 2. The second-order valence-electron chi connectivity index (χ2n) is 10.2. The molecule has 0 spiro atoms. The van der Waals surface area contributed by atoms with Gasteiger partial charge in [0.2, 0.25) is 0 Å². The fourth-order valence-corrected chi connectivity index (χ4v) is 3.66. The first-order chi connectivity index (χ1) is 11.5. The molecule has 0 bridgehead atoms. The fourth-order valence-electron chi connectivity index (χ4n) is 2.60. The summed E-state index contributed by atoms with van der Waals surface area (Å²) < 4.78 is 11.6. The van der Waals surface area contributed by atoms with Crippen LogP contribution in [0.25, 0.3) is 0 Å². The molecular formula is C20H37NO4Si. The first-order valence-electron chi connectivity index (χ1n) is 9.38. The average molecular weight is 384 g/mol. The van der Waals surface area contributed by atoms with Crippen LogP contribution in [0.3, 0.4) is 0 Å². The number of nitrogens with zero attached hydrogens (tertiary/aromatic N) is 1. The molecule has 1 heterocycles. The summed E-state index contributed by atoms with van der Waals surface area (Å²) in [7, 11) is -1.78. The molecule has 1 aliphatic rings. The lowest BCUT2D eigenvalue weighted by Crippen LogP contribution is -2.47. The van der Waals surface area contributed by atoms with Crippen LogP contribution in [-0.4, -0.2) is 43.0 Å². The predicted octanol–water partition coefficient (Wildman–Crippen LogP) is 5.27. The van der Waals surface area contributed by atoms with Gasteiger partial charge in [0, 0.05) is 18.6 Å². The van der Waals surface area contributed by atoms with Gasteiger partial charge in [-0.3, -0.25) is 4.79 Å². The summed E-state index contributed by atoms with van der Waals surface area (Å²) in [6, 6.07) is 0. The van der Waals surface area contributed by atoms with Crippen LogP contribution in [0.5, 0.6) is 0 Å². The van der Waals surface area contributed by atoms with E-state index in [4.69, 9.17) is 9.16 Å². The SMILES string of the molecule is CC(C)(C)OC(=O)N1C(=O)/C(=C\CCO[Si](C)(C)C(C)(C)C)CC1(C)C. The Labute approximate surface area is 160 Å². The monoisotopic (exact) mass is 383 g/mol. The van der Waals surface area contributed by atoms with E-state index in [-0.39, 0.29) is 10.9 Å². The molecule has 0 unspecified atom stereocenters. The molecule has 1 saturated heterocycles. The first kappa shape index (κ1) is 22.9. The number of likely N-dealkylation sites (tertiary alicyclic amines) is 1. The fraction of sp³-hybridized carbons (Fsp3) is 0.800. The summed E-state index contributed by atoms with van der Waals surface area (Å²) in [5, 5.41) is 0.166. The summed E-state index contributed by atoms with van der Waals surface area (Å²) in [6.07, 6.45) is 2.55. The summed E-state index contributed by atoms with van der Waals surface area (Å²) in [6.45, 7) is 20.8. The van der Waals surface area contributed by atoms with E-state index in [0.717, 1.165) is 0 Å². The largest absolute Gasteiger partial charge is 0.443 e. The Bertz CT molecular complexity index is 580. The van der Waals surface area contributed by atoms with Gasteiger partial charge in [-0.2, -0.15) is 0 Å². The molecule has 0 radical (unpaired) electrons. The number of rotatable bonds is 4. The normalized spacial score (nSPS) is 20.0. The van der Waals surface area contributed by atoms with Crippen molar-refractivity contribution in [2.45, 2.75) is 97.5 Å². The van der Waals surface area contributed by atoms with Crippen LogP contribution in [0.15, 0.2) is 11.6 Å². The van der Waals surface area contributed by atoms with E-state index in [1.807, 2.05) is 19.9 Å². The highest BCUT2D eigenvalue weighted by Crippen LogP contribution is 2.37. The Hall–Kier alpha value is -1.14. The van der Waals surface area contributed by atoms with Crippen LogP contribution in [-0.2, 0) is 14.0 Å². The smallest absolute Gasteiger partial charge is 0.417 e. The molecule has 0 aliphatic carbocycles. The maximum atomic E-state index is 12.7. The van der Waals surface area contributed by atoms with Crippen molar-refractivity contribution in [3.8, 4) is 0 Å². The zero-order valence-electron chi connectivity index (χ0n) is 18.3. The summed E-state index contributed by atoms with van der Waals surface area (Å²) in [5.41, 5.74) is -0.540. The lowest BCUT2D eigenvalue weighted by atomic mass is 9.99. The molecule has 0 aromatic heterocycles. The van der Waals surface area contributed by atoms with E-state index < -0.39 is 25.6 Å². The zero-order chi connectivity index (χ0) is 20.6. The van der Waals surface area contributed by atoms with Crippen LogP contribution in [0.4, 0.5) is 4.79 Å². The molecule has 150 valence electrons. The number of ether oxygens (including phenoxy) is 1. The van der Waals surface area contributed by atoms with E-state index in [9.17, 15) is 9.59 Å². The summed E-state index contributed by atoms with van der Waals surface area (Å²) in [4.78, 5) is 26.4. The Kier molecular flexibility index (Phi) is 6.58. The van der Waals surface area contributed by atoms with Gasteiger partial charge in [0.15, 0.2) is 8.32 Å². The molecule has 1 fully saturated rings. The van der Waals surface area contributed by atoms with Crippen molar-refractivity contribution in [3.63, 3.8) is 0 Å². The molecule has 0 saturated carbocycles. The van der Waals surface area contributed by atoms with Crippen molar-refractivity contribution in [2.75, 3.05) is 6.61 Å². The Morgan fingerprint density at radius 2 is 1.73 bits per heavy atom. The van der Waals surface area contributed by atoms with Gasteiger partial charge in [-0.05, 0) is 59.2 Å². The van der Waals surface area contributed by atoms with Gasteiger partial charge in [0.1, 0.15) is 5.60 Å². The van der Waals surface area contributed by atoms with Crippen molar-refractivity contribution in [1.29, 1.82) is 0 Å². The van der Waals surface area contributed by atoms with Crippen LogP contribution >= 0.6 is 0 Å². The molecule has 6 heteroatoms. The predicted molar refractivity (Wildman–Crippen MR) is 108 cm³/mol. The lowest BCUT2D eigenvalue weighted by molar-refractivity contribution is -0.127. The van der Waals surface area contributed by atoms with E-state index in [1.165, 1.54) is 4.90 Å². The van der Waals surface area contributed by atoms with Crippen LogP contribution in [0.2, 0.25) is 18.1 Å². The van der Waals surface area contributed by atoms with Crippen molar-refractivity contribution in [1.82, 2.24) is 4.90 Å². The molecule has 1 aliphatic heterocycles. The van der Waals surface area contributed by atoms with Gasteiger partial charge in [0.05, 0.1) is 5.54 Å². The van der Waals surface area contributed by atoms with Gasteiger partial charge in [0.25, 0.3) is 5.91 Å². The Morgan fingerprint density at radius 3 is 2.19 bits per heavy atom. The van der Waals surface area contributed by atoms with Crippen molar-refractivity contribution >= 4 is 20.3 Å². The van der Waals surface area contributed by atoms with Crippen molar-refractivity contribution in [3.05, 3.63) is 11.6 Å². The molecule has 2 amide bonds. The highest BCUT2D eigenvalue weighted by atomic mass is 28.4. The number of hydrogen-bond donors (Lipinski definition) is 0. The van der Waals surface area contributed by atoms with Gasteiger partial charge < -0.3 is 9.16 Å². The van der Waals surface area contributed by atoms with Crippen molar-refractivity contribution in [2.24, 2.45) is 0 Å². The molecular weight excluding hydrogens is 346 g/mol. The third kappa shape index (κ3) is 5.68. The second-order valence-corrected chi connectivity index (χ2v) is 15.0. The van der Waals surface area contributed by atoms with Gasteiger partial charge in [-0.1, -0.05) is 26.8 Å². The minimum absolute atomic E-state index is 0.166. The van der Waals surface area contributed by atoms with Crippen LogP contribution in [0, 0.1) is 0 Å². The maximum absolute atomic E-state index is 12.7. The van der Waals surface area contributed by atoms with E-state index >= 15 is 0 Å². The van der Waals surface area contributed by atoms with Crippen LogP contribution in [0.1, 0.15) is 68.2 Å². The molecule has 0 atom stereocenters. The Balaban J connectivity index is 2.77. The second kappa shape index (κ2) is 7.47. The van der Waals surface area contributed by atoms with E-state index in [0.29, 0.717) is 25.0 Å². The molecule has 0 aromatic rings. The number of imide groups is 1. The topological polar surface area (TPSA) is 55.8 Å². The van der Waals surface area contributed by atoms with Gasteiger partial charge >= 0.3 is 6.09 Å². The zero-order valence-corrected chi connectivity index (χ0v) is 19.3.